The van der Waals surface area contributed by atoms with Crippen LogP contribution in [0.1, 0.15) is 48.3 Å². The van der Waals surface area contributed by atoms with Crippen molar-refractivity contribution in [1.29, 1.82) is 0 Å². The van der Waals surface area contributed by atoms with Crippen molar-refractivity contribution in [2.24, 2.45) is 0 Å². The summed E-state index contributed by atoms with van der Waals surface area (Å²) in [6.07, 6.45) is 1.14. The second-order valence-electron chi connectivity index (χ2n) is 8.81. The number of para-hydroxylation sites is 1. The molecule has 1 unspecified atom stereocenters. The molecule has 1 aliphatic heterocycles. The van der Waals surface area contributed by atoms with E-state index in [0.29, 0.717) is 35.7 Å². The van der Waals surface area contributed by atoms with Crippen LogP contribution in [0.4, 0.5) is 5.69 Å². The first-order valence-electron chi connectivity index (χ1n) is 12.4. The lowest BCUT2D eigenvalue weighted by molar-refractivity contribution is -0.124. The lowest BCUT2D eigenvalue weighted by Crippen LogP contribution is -2.35. The summed E-state index contributed by atoms with van der Waals surface area (Å²) in [6, 6.07) is 12.7. The number of hydrogen-bond donors (Lipinski definition) is 1. The number of carbonyl (C=O) groups is 2. The zero-order valence-corrected chi connectivity index (χ0v) is 21.3. The molecule has 0 aliphatic carbocycles. The monoisotopic (exact) mass is 491 g/mol. The van der Waals surface area contributed by atoms with Gasteiger partial charge in [-0.2, -0.15) is 0 Å². The van der Waals surface area contributed by atoms with Crippen LogP contribution in [0.2, 0.25) is 0 Å². The molecule has 2 aromatic carbocycles. The molecule has 0 radical (unpaired) electrons. The molecule has 1 amide bonds. The normalized spacial score (nSPS) is 14.1. The number of hydrogen-bond acceptors (Lipinski definition) is 7. The summed E-state index contributed by atoms with van der Waals surface area (Å²) in [5.41, 5.74) is 3.51. The van der Waals surface area contributed by atoms with E-state index in [0.717, 1.165) is 48.1 Å². The van der Waals surface area contributed by atoms with Crippen LogP contribution in [0.5, 0.6) is 11.5 Å². The van der Waals surface area contributed by atoms with Gasteiger partial charge in [0.15, 0.2) is 6.10 Å². The molecular formula is C28H33N3O5. The van der Waals surface area contributed by atoms with Crippen molar-refractivity contribution in [2.45, 2.75) is 45.8 Å². The fourth-order valence-electron chi connectivity index (χ4n) is 4.62. The Morgan fingerprint density at radius 2 is 1.92 bits per heavy atom. The number of amides is 1. The van der Waals surface area contributed by atoms with Crippen LogP contribution in [-0.4, -0.2) is 55.2 Å². The Balaban J connectivity index is 1.63. The smallest absolute Gasteiger partial charge is 0.340 e. The number of rotatable bonds is 9. The highest BCUT2D eigenvalue weighted by Gasteiger charge is 2.29. The van der Waals surface area contributed by atoms with Gasteiger partial charge in [-0.3, -0.25) is 14.7 Å². The van der Waals surface area contributed by atoms with Crippen LogP contribution in [0, 0.1) is 0 Å². The fourth-order valence-corrected chi connectivity index (χ4v) is 4.62. The van der Waals surface area contributed by atoms with Crippen LogP contribution >= 0.6 is 0 Å². The van der Waals surface area contributed by atoms with Crippen LogP contribution < -0.4 is 14.8 Å². The molecule has 190 valence electrons. The zero-order valence-electron chi connectivity index (χ0n) is 21.3. The molecule has 3 aromatic rings. The number of esters is 1. The van der Waals surface area contributed by atoms with Crippen LogP contribution in [0.25, 0.3) is 10.9 Å². The van der Waals surface area contributed by atoms with E-state index in [-0.39, 0.29) is 0 Å². The Hall–Kier alpha value is -3.65. The van der Waals surface area contributed by atoms with Gasteiger partial charge in [-0.05, 0) is 37.6 Å². The number of nitrogens with one attached hydrogen (secondary N) is 1. The van der Waals surface area contributed by atoms with Crippen LogP contribution in [0.3, 0.4) is 0 Å². The highest BCUT2D eigenvalue weighted by Crippen LogP contribution is 2.31. The van der Waals surface area contributed by atoms with E-state index in [1.807, 2.05) is 31.2 Å². The summed E-state index contributed by atoms with van der Waals surface area (Å²) in [5.74, 6) is 0.109. The lowest BCUT2D eigenvalue weighted by atomic mass is 9.95. The van der Waals surface area contributed by atoms with E-state index in [1.165, 1.54) is 7.11 Å². The molecule has 1 N–H and O–H groups in total. The molecule has 0 saturated carbocycles. The van der Waals surface area contributed by atoms with E-state index >= 15 is 0 Å². The van der Waals surface area contributed by atoms with E-state index in [4.69, 9.17) is 19.2 Å². The van der Waals surface area contributed by atoms with Crippen molar-refractivity contribution in [2.75, 3.05) is 32.6 Å². The number of aromatic nitrogens is 1. The first-order chi connectivity index (χ1) is 17.5. The quantitative estimate of drug-likeness (QED) is 0.438. The number of ether oxygens (including phenoxy) is 3. The van der Waals surface area contributed by atoms with E-state index in [9.17, 15) is 9.59 Å². The standard InChI is InChI=1S/C28H33N3O5/c1-5-14-31-15-13-22-20(17-31)26(19-9-7-8-10-21(19)29-22)28(33)36-24(6-2)27(32)30-23-16-18(34-3)11-12-25(23)35-4/h7-12,16,24H,5-6,13-15,17H2,1-4H3,(H,30,32). The number of nitrogens with zero attached hydrogens (tertiary/aromatic N) is 2. The minimum Gasteiger partial charge on any atom is -0.497 e. The minimum atomic E-state index is -0.980. The summed E-state index contributed by atoms with van der Waals surface area (Å²) >= 11 is 0. The molecule has 8 heteroatoms. The maximum atomic E-state index is 13.7. The van der Waals surface area contributed by atoms with Crippen LogP contribution in [0.15, 0.2) is 42.5 Å². The van der Waals surface area contributed by atoms with Crippen molar-refractivity contribution in [3.8, 4) is 11.5 Å². The molecular weight excluding hydrogens is 458 g/mol. The van der Waals surface area contributed by atoms with E-state index in [1.54, 1.807) is 25.3 Å². The maximum absolute atomic E-state index is 13.7. The minimum absolute atomic E-state index is 0.316. The van der Waals surface area contributed by atoms with Gasteiger partial charge in [0.1, 0.15) is 11.5 Å². The molecule has 0 saturated heterocycles. The third-order valence-corrected chi connectivity index (χ3v) is 6.45. The maximum Gasteiger partial charge on any atom is 0.340 e. The van der Waals surface area contributed by atoms with Gasteiger partial charge in [-0.1, -0.05) is 32.0 Å². The first kappa shape index (κ1) is 25.4. The van der Waals surface area contributed by atoms with Gasteiger partial charge < -0.3 is 19.5 Å². The Labute approximate surface area is 211 Å². The van der Waals surface area contributed by atoms with Gasteiger partial charge in [-0.25, -0.2) is 4.79 Å². The van der Waals surface area contributed by atoms with Crippen molar-refractivity contribution in [1.82, 2.24) is 9.88 Å². The van der Waals surface area contributed by atoms with Crippen molar-refractivity contribution < 1.29 is 23.8 Å². The average molecular weight is 492 g/mol. The van der Waals surface area contributed by atoms with Gasteiger partial charge >= 0.3 is 5.97 Å². The Morgan fingerprint density at radius 1 is 1.11 bits per heavy atom. The predicted molar refractivity (Wildman–Crippen MR) is 139 cm³/mol. The molecule has 2 heterocycles. The van der Waals surface area contributed by atoms with Crippen LogP contribution in [-0.2, 0) is 22.5 Å². The second kappa shape index (κ2) is 11.4. The summed E-state index contributed by atoms with van der Waals surface area (Å²) in [6.45, 7) is 6.44. The first-order valence-corrected chi connectivity index (χ1v) is 12.4. The molecule has 4 rings (SSSR count). The average Bonchev–Trinajstić information content (AvgIpc) is 2.90. The molecule has 0 bridgehead atoms. The SMILES string of the molecule is CCCN1CCc2nc3ccccc3c(C(=O)OC(CC)C(=O)Nc3cc(OC)ccc3OC)c2C1. The highest BCUT2D eigenvalue weighted by atomic mass is 16.5. The van der Waals surface area contributed by atoms with Crippen molar-refractivity contribution in [3.63, 3.8) is 0 Å². The fraction of sp³-hybridized carbons (Fsp3) is 0.393. The summed E-state index contributed by atoms with van der Waals surface area (Å²) in [7, 11) is 3.07. The Morgan fingerprint density at radius 3 is 2.64 bits per heavy atom. The van der Waals surface area contributed by atoms with Gasteiger partial charge in [0.2, 0.25) is 0 Å². The largest absolute Gasteiger partial charge is 0.497 e. The predicted octanol–water partition coefficient (Wildman–Crippen LogP) is 4.59. The highest BCUT2D eigenvalue weighted by molar-refractivity contribution is 6.06. The Bertz CT molecular complexity index is 1260. The topological polar surface area (TPSA) is 90.0 Å². The molecule has 1 aromatic heterocycles. The molecule has 36 heavy (non-hydrogen) atoms. The number of carbonyl (C=O) groups excluding carboxylic acids is 2. The molecule has 0 spiro atoms. The summed E-state index contributed by atoms with van der Waals surface area (Å²) < 4.78 is 16.5. The Kier molecular flexibility index (Phi) is 8.05. The van der Waals surface area contributed by atoms with Crippen molar-refractivity contribution >= 4 is 28.5 Å². The number of pyridine rings is 1. The van der Waals surface area contributed by atoms with E-state index in [2.05, 4.69) is 17.1 Å². The number of methoxy groups -OCH3 is 2. The van der Waals surface area contributed by atoms with Gasteiger partial charge in [0.05, 0.1) is 31.0 Å². The second-order valence-corrected chi connectivity index (χ2v) is 8.81. The third-order valence-electron chi connectivity index (χ3n) is 6.45. The number of anilines is 1. The summed E-state index contributed by atoms with van der Waals surface area (Å²) in [4.78, 5) is 34.0. The third kappa shape index (κ3) is 5.28. The zero-order chi connectivity index (χ0) is 25.7. The molecule has 1 atom stereocenters. The molecule has 8 nitrogen and oxygen atoms in total. The molecule has 0 fully saturated rings. The number of benzene rings is 2. The van der Waals surface area contributed by atoms with E-state index < -0.39 is 18.0 Å². The number of fused-ring (bicyclic) bond motifs is 2. The molecule has 1 aliphatic rings. The lowest BCUT2D eigenvalue weighted by Gasteiger charge is -2.30. The van der Waals surface area contributed by atoms with Gasteiger partial charge in [0, 0.05) is 42.2 Å². The van der Waals surface area contributed by atoms with Gasteiger partial charge in [-0.15, -0.1) is 0 Å². The van der Waals surface area contributed by atoms with Gasteiger partial charge in [0.25, 0.3) is 5.91 Å². The van der Waals surface area contributed by atoms with Crippen molar-refractivity contribution in [3.05, 3.63) is 59.3 Å². The summed E-state index contributed by atoms with van der Waals surface area (Å²) in [5, 5.41) is 3.57.